The van der Waals surface area contributed by atoms with Crippen LogP contribution in [0.1, 0.15) is 28.3 Å². The van der Waals surface area contributed by atoms with Crippen LogP contribution in [-0.2, 0) is 0 Å². The molecule has 8 bridgehead atoms. The van der Waals surface area contributed by atoms with Gasteiger partial charge in [-0.05, 0) is 84.8 Å². The van der Waals surface area contributed by atoms with Crippen LogP contribution < -0.4 is 0 Å². The first-order valence-corrected chi connectivity index (χ1v) is 10.3. The second kappa shape index (κ2) is 6.96. The minimum atomic E-state index is 0.919. The van der Waals surface area contributed by atoms with Crippen LogP contribution in [0, 0.1) is 6.92 Å². The van der Waals surface area contributed by atoms with E-state index in [9.17, 15) is 0 Å². The molecule has 0 saturated heterocycles. The first kappa shape index (κ1) is 17.7. The Morgan fingerprint density at radius 1 is 0.581 bits per heavy atom. The second-order valence-corrected chi connectivity index (χ2v) is 7.87. The number of benzene rings is 1. The Labute approximate surface area is 179 Å². The van der Waals surface area contributed by atoms with Crippen molar-refractivity contribution in [3.8, 4) is 11.1 Å². The lowest BCUT2D eigenvalue weighted by molar-refractivity contribution is 1.27. The zero-order valence-electron chi connectivity index (χ0n) is 17.1. The first-order chi connectivity index (χ1) is 15.2. The Kier molecular flexibility index (Phi) is 3.96. The van der Waals surface area contributed by atoms with Crippen molar-refractivity contribution in [2.75, 3.05) is 0 Å². The zero-order valence-corrected chi connectivity index (χ0v) is 17.1. The van der Waals surface area contributed by atoms with Crippen molar-refractivity contribution >= 4 is 46.4 Å². The molecule has 0 amide bonds. The molecular weight excluding hydrogens is 380 g/mol. The molecular formula is C27H20N4. The van der Waals surface area contributed by atoms with Gasteiger partial charge in [-0.15, -0.1) is 0 Å². The number of fused-ring (bicyclic) bond motifs is 8. The van der Waals surface area contributed by atoms with Crippen molar-refractivity contribution in [3.05, 3.63) is 95.1 Å². The summed E-state index contributed by atoms with van der Waals surface area (Å²) in [7, 11) is 0. The van der Waals surface area contributed by atoms with Crippen molar-refractivity contribution in [2.45, 2.75) is 6.92 Å². The van der Waals surface area contributed by atoms with E-state index in [0.29, 0.717) is 0 Å². The summed E-state index contributed by atoms with van der Waals surface area (Å²) >= 11 is 0. The average Bonchev–Trinajstić information content (AvgIpc) is 3.55. The predicted molar refractivity (Wildman–Crippen MR) is 129 cm³/mol. The van der Waals surface area contributed by atoms with Crippen LogP contribution in [0.2, 0.25) is 0 Å². The Balaban J connectivity index is 1.74. The maximum absolute atomic E-state index is 4.94. The van der Waals surface area contributed by atoms with Crippen LogP contribution >= 0.6 is 0 Å². The fourth-order valence-electron chi connectivity index (χ4n) is 4.14. The number of H-pyrrole nitrogens is 2. The summed E-state index contributed by atoms with van der Waals surface area (Å²) in [5.41, 5.74) is 11.2. The minimum Gasteiger partial charge on any atom is -0.355 e. The summed E-state index contributed by atoms with van der Waals surface area (Å²) < 4.78 is 0. The van der Waals surface area contributed by atoms with E-state index >= 15 is 0 Å². The number of hydrogen-bond donors (Lipinski definition) is 2. The van der Waals surface area contributed by atoms with Crippen LogP contribution in [0.3, 0.4) is 0 Å². The molecule has 0 spiro atoms. The molecule has 2 N–H and O–H groups in total. The molecule has 2 aliphatic heterocycles. The smallest absolute Gasteiger partial charge is 0.0737 e. The molecule has 0 atom stereocenters. The molecule has 1 aromatic carbocycles. The molecule has 6 rings (SSSR count). The van der Waals surface area contributed by atoms with E-state index in [0.717, 1.165) is 56.0 Å². The molecule has 148 valence electrons. The van der Waals surface area contributed by atoms with Gasteiger partial charge in [0.15, 0.2) is 0 Å². The zero-order chi connectivity index (χ0) is 20.8. The standard InChI is InChI=1S/C27H20N4/c1-17-4-2-3-5-24(17)27-25-12-10-22(30-25)15-20-8-6-18(28-20)14-19-7-9-21(29-19)16-23-11-13-26(27)31-23/h2-16,28-29H,1H3. The monoisotopic (exact) mass is 400 g/mol. The highest BCUT2D eigenvalue weighted by Crippen LogP contribution is 2.32. The quantitative estimate of drug-likeness (QED) is 0.325. The van der Waals surface area contributed by atoms with Gasteiger partial charge in [0.2, 0.25) is 0 Å². The van der Waals surface area contributed by atoms with Crippen molar-refractivity contribution in [1.82, 2.24) is 19.9 Å². The van der Waals surface area contributed by atoms with E-state index in [1.165, 1.54) is 5.56 Å². The van der Waals surface area contributed by atoms with Gasteiger partial charge in [-0.25, -0.2) is 9.97 Å². The molecule has 4 aromatic rings. The maximum Gasteiger partial charge on any atom is 0.0737 e. The number of nitrogens with zero attached hydrogens (tertiary/aromatic N) is 2. The van der Waals surface area contributed by atoms with Gasteiger partial charge in [0.1, 0.15) is 0 Å². The molecule has 4 nitrogen and oxygen atoms in total. The molecule has 2 aliphatic rings. The van der Waals surface area contributed by atoms with Gasteiger partial charge in [0.05, 0.1) is 22.8 Å². The number of rotatable bonds is 1. The number of aromatic amines is 2. The molecule has 0 unspecified atom stereocenters. The van der Waals surface area contributed by atoms with E-state index in [1.54, 1.807) is 0 Å². The van der Waals surface area contributed by atoms with Gasteiger partial charge < -0.3 is 9.97 Å². The van der Waals surface area contributed by atoms with E-state index in [4.69, 9.17) is 9.97 Å². The number of aryl methyl sites for hydroxylation is 1. The summed E-state index contributed by atoms with van der Waals surface area (Å²) in [6, 6.07) is 22.9. The molecule has 0 aliphatic carbocycles. The van der Waals surface area contributed by atoms with Gasteiger partial charge in [0, 0.05) is 27.6 Å². The SMILES string of the molecule is Cc1ccccc1-c1c2nc(cc3ccc(cc4ccc(cc5nc1C=C5)[nH]4)[nH]3)C=C2. The molecule has 5 heterocycles. The van der Waals surface area contributed by atoms with E-state index in [2.05, 4.69) is 108 Å². The van der Waals surface area contributed by atoms with Crippen molar-refractivity contribution in [3.63, 3.8) is 0 Å². The normalized spacial score (nSPS) is 12.4. The molecule has 4 heteroatoms. The summed E-state index contributed by atoms with van der Waals surface area (Å²) in [4.78, 5) is 16.8. The summed E-state index contributed by atoms with van der Waals surface area (Å²) in [5.74, 6) is 0. The third-order valence-electron chi connectivity index (χ3n) is 5.63. The van der Waals surface area contributed by atoms with Gasteiger partial charge in [-0.3, -0.25) is 0 Å². The van der Waals surface area contributed by atoms with E-state index in [1.807, 2.05) is 0 Å². The third-order valence-corrected chi connectivity index (χ3v) is 5.63. The van der Waals surface area contributed by atoms with Crippen LogP contribution in [-0.4, -0.2) is 19.9 Å². The lowest BCUT2D eigenvalue weighted by Gasteiger charge is -2.08. The molecule has 0 radical (unpaired) electrons. The van der Waals surface area contributed by atoms with Crippen LogP contribution in [0.4, 0.5) is 0 Å². The Bertz CT molecular complexity index is 1450. The summed E-state index contributed by atoms with van der Waals surface area (Å²) in [6.45, 7) is 2.13. The van der Waals surface area contributed by atoms with E-state index in [-0.39, 0.29) is 0 Å². The molecule has 3 aromatic heterocycles. The lowest BCUT2D eigenvalue weighted by Crippen LogP contribution is -1.91. The van der Waals surface area contributed by atoms with Crippen LogP contribution in [0.5, 0.6) is 0 Å². The molecule has 0 saturated carbocycles. The fraction of sp³-hybridized carbons (Fsp3) is 0.0370. The van der Waals surface area contributed by atoms with Crippen LogP contribution in [0.25, 0.3) is 57.5 Å². The minimum absolute atomic E-state index is 0.919. The number of aromatic nitrogens is 4. The highest BCUT2D eigenvalue weighted by atomic mass is 14.8. The lowest BCUT2D eigenvalue weighted by atomic mass is 9.98. The Morgan fingerprint density at radius 3 is 1.65 bits per heavy atom. The van der Waals surface area contributed by atoms with Gasteiger partial charge >= 0.3 is 0 Å². The molecule has 31 heavy (non-hydrogen) atoms. The number of hydrogen-bond acceptors (Lipinski definition) is 2. The van der Waals surface area contributed by atoms with Crippen molar-refractivity contribution in [2.24, 2.45) is 0 Å². The highest BCUT2D eigenvalue weighted by molar-refractivity contribution is 5.89. The fourth-order valence-corrected chi connectivity index (χ4v) is 4.14. The topological polar surface area (TPSA) is 57.4 Å². The van der Waals surface area contributed by atoms with Gasteiger partial charge in [-0.2, -0.15) is 0 Å². The largest absolute Gasteiger partial charge is 0.355 e. The van der Waals surface area contributed by atoms with Gasteiger partial charge in [0.25, 0.3) is 0 Å². The van der Waals surface area contributed by atoms with Gasteiger partial charge in [-0.1, -0.05) is 24.3 Å². The predicted octanol–water partition coefficient (Wildman–Crippen LogP) is 6.63. The van der Waals surface area contributed by atoms with Crippen LogP contribution in [0.15, 0.2) is 66.7 Å². The third kappa shape index (κ3) is 3.28. The highest BCUT2D eigenvalue weighted by Gasteiger charge is 2.15. The Hall–Kier alpha value is -4.18. The van der Waals surface area contributed by atoms with E-state index < -0.39 is 0 Å². The second-order valence-electron chi connectivity index (χ2n) is 7.87. The summed E-state index contributed by atoms with van der Waals surface area (Å²) in [5, 5.41) is 0. The maximum atomic E-state index is 4.94. The number of nitrogens with one attached hydrogen (secondary N) is 2. The van der Waals surface area contributed by atoms with Crippen molar-refractivity contribution in [1.29, 1.82) is 0 Å². The average molecular weight is 400 g/mol. The summed E-state index contributed by atoms with van der Waals surface area (Å²) in [6.07, 6.45) is 8.28. The first-order valence-electron chi connectivity index (χ1n) is 10.3. The molecule has 0 fully saturated rings. The van der Waals surface area contributed by atoms with Crippen molar-refractivity contribution < 1.29 is 0 Å². The Morgan fingerprint density at radius 2 is 1.10 bits per heavy atom.